The van der Waals surface area contributed by atoms with Crippen molar-refractivity contribution in [1.29, 1.82) is 0 Å². The van der Waals surface area contributed by atoms with Gasteiger partial charge < -0.3 is 4.74 Å². The van der Waals surface area contributed by atoms with Crippen molar-refractivity contribution in [2.75, 3.05) is 6.61 Å². The molecule has 1 heterocycles. The van der Waals surface area contributed by atoms with Crippen LogP contribution in [0.4, 0.5) is 0 Å². The fourth-order valence-corrected chi connectivity index (χ4v) is 2.03. The second-order valence-corrected chi connectivity index (χ2v) is 4.83. The molecule has 0 radical (unpaired) electrons. The van der Waals surface area contributed by atoms with Gasteiger partial charge in [0.15, 0.2) is 0 Å². The lowest BCUT2D eigenvalue weighted by atomic mass is 10.1. The monoisotopic (exact) mass is 213 g/mol. The van der Waals surface area contributed by atoms with Crippen LogP contribution >= 0.6 is 0 Å². The van der Waals surface area contributed by atoms with Crippen LogP contribution in [0.25, 0.3) is 0 Å². The summed E-state index contributed by atoms with van der Waals surface area (Å²) in [5.41, 5.74) is 1.05. The molecule has 14 heavy (non-hydrogen) atoms. The van der Waals surface area contributed by atoms with E-state index in [1.54, 1.807) is 6.07 Å². The molecule has 2 N–H and O–H groups in total. The van der Waals surface area contributed by atoms with Gasteiger partial charge in [0.05, 0.1) is 11.5 Å². The number of fused-ring (bicyclic) bond motifs is 1. The Kier molecular flexibility index (Phi) is 2.20. The highest BCUT2D eigenvalue weighted by atomic mass is 32.2. The molecular weight excluding hydrogens is 202 g/mol. The van der Waals surface area contributed by atoms with Gasteiger partial charge in [-0.25, -0.2) is 13.6 Å². The van der Waals surface area contributed by atoms with Gasteiger partial charge >= 0.3 is 0 Å². The molecule has 0 spiro atoms. The normalized spacial score (nSPS) is 15.8. The van der Waals surface area contributed by atoms with E-state index in [4.69, 9.17) is 9.88 Å². The van der Waals surface area contributed by atoms with Crippen molar-refractivity contribution in [3.8, 4) is 5.75 Å². The Balaban J connectivity index is 2.49. The van der Waals surface area contributed by atoms with Crippen LogP contribution < -0.4 is 9.88 Å². The Hall–Kier alpha value is -1.07. The molecule has 0 bridgehead atoms. The highest BCUT2D eigenvalue weighted by molar-refractivity contribution is 7.89. The number of hydrogen-bond donors (Lipinski definition) is 1. The van der Waals surface area contributed by atoms with E-state index >= 15 is 0 Å². The average molecular weight is 213 g/mol. The first-order valence-corrected chi connectivity index (χ1v) is 5.90. The predicted octanol–water partition coefficient (Wildman–Crippen LogP) is 0.659. The number of primary sulfonamides is 1. The van der Waals surface area contributed by atoms with Crippen molar-refractivity contribution >= 4 is 10.0 Å². The minimum atomic E-state index is -3.62. The van der Waals surface area contributed by atoms with Gasteiger partial charge in [-0.1, -0.05) is 6.07 Å². The summed E-state index contributed by atoms with van der Waals surface area (Å²) < 4.78 is 27.4. The number of hydrogen-bond acceptors (Lipinski definition) is 3. The number of rotatable bonds is 1. The Bertz CT molecular complexity index is 453. The molecule has 0 saturated heterocycles. The molecule has 1 aromatic rings. The first kappa shape index (κ1) is 9.48. The molecule has 0 unspecified atom stereocenters. The van der Waals surface area contributed by atoms with Crippen molar-refractivity contribution in [3.63, 3.8) is 0 Å². The SMILES string of the molecule is NS(=O)(=O)c1ccc2c(c1)OCCC2. The molecule has 1 aliphatic rings. The van der Waals surface area contributed by atoms with Gasteiger partial charge in [-0.2, -0.15) is 0 Å². The quantitative estimate of drug-likeness (QED) is 0.745. The van der Waals surface area contributed by atoms with Crippen LogP contribution in [0.2, 0.25) is 0 Å². The zero-order chi connectivity index (χ0) is 10.2. The number of sulfonamides is 1. The molecule has 4 nitrogen and oxygen atoms in total. The number of benzene rings is 1. The van der Waals surface area contributed by atoms with Gasteiger partial charge in [-0.15, -0.1) is 0 Å². The summed E-state index contributed by atoms with van der Waals surface area (Å²) in [5.74, 6) is 0.641. The first-order chi connectivity index (χ1) is 6.57. The number of nitrogens with two attached hydrogens (primary N) is 1. The maximum Gasteiger partial charge on any atom is 0.238 e. The summed E-state index contributed by atoms with van der Waals surface area (Å²) in [6.45, 7) is 0.640. The molecule has 0 amide bonds. The molecule has 76 valence electrons. The number of aryl methyl sites for hydroxylation is 1. The lowest BCUT2D eigenvalue weighted by Gasteiger charge is -2.17. The van der Waals surface area contributed by atoms with Gasteiger partial charge in [0.1, 0.15) is 5.75 Å². The molecule has 1 aromatic carbocycles. The van der Waals surface area contributed by atoms with Crippen LogP contribution in [0.1, 0.15) is 12.0 Å². The number of ether oxygens (including phenoxy) is 1. The molecule has 2 rings (SSSR count). The van der Waals surface area contributed by atoms with Gasteiger partial charge in [0, 0.05) is 6.07 Å². The van der Waals surface area contributed by atoms with E-state index in [9.17, 15) is 8.42 Å². The summed E-state index contributed by atoms with van der Waals surface area (Å²) in [6, 6.07) is 4.76. The van der Waals surface area contributed by atoms with E-state index in [-0.39, 0.29) is 4.90 Å². The van der Waals surface area contributed by atoms with Crippen molar-refractivity contribution < 1.29 is 13.2 Å². The molecule has 1 aliphatic heterocycles. The zero-order valence-corrected chi connectivity index (χ0v) is 8.38. The summed E-state index contributed by atoms with van der Waals surface area (Å²) in [6.07, 6.45) is 1.90. The zero-order valence-electron chi connectivity index (χ0n) is 7.56. The van der Waals surface area contributed by atoms with Crippen molar-refractivity contribution in [3.05, 3.63) is 23.8 Å². The third kappa shape index (κ3) is 1.73. The fourth-order valence-electron chi connectivity index (χ4n) is 1.50. The smallest absolute Gasteiger partial charge is 0.238 e. The summed E-state index contributed by atoms with van der Waals surface area (Å²) in [7, 11) is -3.62. The second-order valence-electron chi connectivity index (χ2n) is 3.27. The first-order valence-electron chi connectivity index (χ1n) is 4.36. The summed E-state index contributed by atoms with van der Waals surface area (Å²) >= 11 is 0. The van der Waals surface area contributed by atoms with E-state index in [0.717, 1.165) is 18.4 Å². The fraction of sp³-hybridized carbons (Fsp3) is 0.333. The minimum absolute atomic E-state index is 0.109. The molecule has 5 heteroatoms. The molecule has 0 saturated carbocycles. The molecule has 0 fully saturated rings. The van der Waals surface area contributed by atoms with E-state index in [2.05, 4.69) is 0 Å². The van der Waals surface area contributed by atoms with Crippen LogP contribution in [0, 0.1) is 0 Å². The Labute approximate surface area is 82.7 Å². The van der Waals surface area contributed by atoms with Crippen LogP contribution in [-0.2, 0) is 16.4 Å². The molecule has 0 aromatic heterocycles. The summed E-state index contributed by atoms with van der Waals surface area (Å²) in [4.78, 5) is 0.109. The van der Waals surface area contributed by atoms with Gasteiger partial charge in [-0.05, 0) is 24.5 Å². The predicted molar refractivity (Wildman–Crippen MR) is 51.6 cm³/mol. The average Bonchev–Trinajstić information content (AvgIpc) is 2.16. The van der Waals surface area contributed by atoms with Crippen LogP contribution in [0.3, 0.4) is 0 Å². The summed E-state index contributed by atoms with van der Waals surface area (Å²) in [5, 5.41) is 5.01. The van der Waals surface area contributed by atoms with E-state index in [0.29, 0.717) is 12.4 Å². The highest BCUT2D eigenvalue weighted by Crippen LogP contribution is 2.26. The van der Waals surface area contributed by atoms with Crippen molar-refractivity contribution in [2.45, 2.75) is 17.7 Å². The van der Waals surface area contributed by atoms with E-state index in [1.807, 2.05) is 0 Å². The maximum atomic E-state index is 11.0. The van der Waals surface area contributed by atoms with E-state index < -0.39 is 10.0 Å². The van der Waals surface area contributed by atoms with Gasteiger partial charge in [0.2, 0.25) is 10.0 Å². The maximum absolute atomic E-state index is 11.0. The Morgan fingerprint density at radius 2 is 2.14 bits per heavy atom. The molecule has 0 aliphatic carbocycles. The van der Waals surface area contributed by atoms with Crippen LogP contribution in [0.15, 0.2) is 23.1 Å². The van der Waals surface area contributed by atoms with Crippen LogP contribution in [-0.4, -0.2) is 15.0 Å². The second kappa shape index (κ2) is 3.25. The largest absolute Gasteiger partial charge is 0.493 e. The third-order valence-electron chi connectivity index (χ3n) is 2.22. The van der Waals surface area contributed by atoms with Crippen molar-refractivity contribution in [1.82, 2.24) is 0 Å². The highest BCUT2D eigenvalue weighted by Gasteiger charge is 2.14. The lowest BCUT2D eigenvalue weighted by Crippen LogP contribution is -2.14. The standard InChI is InChI=1S/C9H11NO3S/c10-14(11,12)8-4-3-7-2-1-5-13-9(7)6-8/h3-4,6H,1-2,5H2,(H2,10,11,12). The molecule has 0 atom stereocenters. The lowest BCUT2D eigenvalue weighted by molar-refractivity contribution is 0.287. The van der Waals surface area contributed by atoms with Crippen molar-refractivity contribution in [2.24, 2.45) is 5.14 Å². The van der Waals surface area contributed by atoms with Crippen LogP contribution in [0.5, 0.6) is 5.75 Å². The topological polar surface area (TPSA) is 69.4 Å². The van der Waals surface area contributed by atoms with Gasteiger partial charge in [-0.3, -0.25) is 0 Å². The Morgan fingerprint density at radius 1 is 1.36 bits per heavy atom. The van der Waals surface area contributed by atoms with E-state index in [1.165, 1.54) is 12.1 Å². The molecular formula is C9H11NO3S. The third-order valence-corrected chi connectivity index (χ3v) is 3.13. The minimum Gasteiger partial charge on any atom is -0.493 e. The Morgan fingerprint density at radius 3 is 2.86 bits per heavy atom. The van der Waals surface area contributed by atoms with Gasteiger partial charge in [0.25, 0.3) is 0 Å².